The third kappa shape index (κ3) is 5.81. The Morgan fingerprint density at radius 2 is 1.93 bits per heavy atom. The molecule has 0 saturated carbocycles. The molecule has 2 aromatic rings. The van der Waals surface area contributed by atoms with Crippen LogP contribution in [0, 0.1) is 19.0 Å². The normalized spacial score (nSPS) is 10.5. The summed E-state index contributed by atoms with van der Waals surface area (Å²) < 4.78 is 46.4. The molecule has 1 amide bonds. The van der Waals surface area contributed by atoms with E-state index in [2.05, 4.69) is 28.7 Å². The zero-order chi connectivity index (χ0) is 20.7. The standard InChI is InChI=1S/C21H18F3NO3/c1-4-10-27-19-12-15(13-25-20(26)5-2)11-18(14(19)3)16-6-8-17(9-7-16)28-21(22,23)24/h5-9,11-12H,2,13H2,1,3H3,(H,25,26). The highest BCUT2D eigenvalue weighted by Gasteiger charge is 2.31. The smallest absolute Gasteiger partial charge is 0.407 e. The third-order valence-electron chi connectivity index (χ3n) is 3.73. The van der Waals surface area contributed by atoms with E-state index in [4.69, 9.17) is 4.74 Å². The molecule has 0 aliphatic rings. The van der Waals surface area contributed by atoms with Crippen molar-refractivity contribution >= 4 is 5.91 Å². The Hall–Kier alpha value is -3.40. The maximum atomic E-state index is 12.3. The summed E-state index contributed by atoms with van der Waals surface area (Å²) in [5, 5.41) is 2.67. The van der Waals surface area contributed by atoms with E-state index < -0.39 is 6.36 Å². The molecule has 0 radical (unpaired) electrons. The predicted octanol–water partition coefficient (Wildman–Crippen LogP) is 4.72. The van der Waals surface area contributed by atoms with Crippen molar-refractivity contribution in [2.24, 2.45) is 0 Å². The van der Waals surface area contributed by atoms with Crippen LogP contribution in [0.3, 0.4) is 0 Å². The lowest BCUT2D eigenvalue weighted by Crippen LogP contribution is -2.20. The van der Waals surface area contributed by atoms with Crippen molar-refractivity contribution in [1.82, 2.24) is 5.32 Å². The largest absolute Gasteiger partial charge is 0.573 e. The van der Waals surface area contributed by atoms with Gasteiger partial charge in [0.1, 0.15) is 17.6 Å². The van der Waals surface area contributed by atoms with E-state index in [9.17, 15) is 18.0 Å². The van der Waals surface area contributed by atoms with Crippen molar-refractivity contribution in [3.05, 3.63) is 60.2 Å². The summed E-state index contributed by atoms with van der Waals surface area (Å²) >= 11 is 0. The first-order valence-electron chi connectivity index (χ1n) is 8.22. The van der Waals surface area contributed by atoms with Crippen LogP contribution in [-0.4, -0.2) is 12.3 Å². The van der Waals surface area contributed by atoms with Gasteiger partial charge in [0.25, 0.3) is 0 Å². The van der Waals surface area contributed by atoms with Gasteiger partial charge in [-0.15, -0.1) is 13.2 Å². The van der Waals surface area contributed by atoms with Gasteiger partial charge in [0.05, 0.1) is 0 Å². The van der Waals surface area contributed by atoms with E-state index >= 15 is 0 Å². The summed E-state index contributed by atoms with van der Waals surface area (Å²) in [5.74, 6) is 2.49. The number of amides is 1. The Morgan fingerprint density at radius 1 is 1.25 bits per heavy atom. The second-order valence-electron chi connectivity index (χ2n) is 5.71. The highest BCUT2D eigenvalue weighted by molar-refractivity contribution is 5.86. The van der Waals surface area contributed by atoms with Crippen LogP contribution in [0.15, 0.2) is 49.1 Å². The van der Waals surface area contributed by atoms with Crippen LogP contribution in [0.5, 0.6) is 11.5 Å². The highest BCUT2D eigenvalue weighted by atomic mass is 19.4. The number of alkyl halides is 3. The Labute approximate surface area is 161 Å². The van der Waals surface area contributed by atoms with Crippen LogP contribution in [0.25, 0.3) is 11.1 Å². The van der Waals surface area contributed by atoms with Gasteiger partial charge < -0.3 is 14.8 Å². The number of rotatable bonds is 6. The topological polar surface area (TPSA) is 47.6 Å². The molecule has 0 atom stereocenters. The van der Waals surface area contributed by atoms with Crippen molar-refractivity contribution in [3.63, 3.8) is 0 Å². The minimum absolute atomic E-state index is 0.226. The maximum absolute atomic E-state index is 12.3. The fraction of sp³-hybridized carbons (Fsp3) is 0.190. The molecule has 0 unspecified atom stereocenters. The van der Waals surface area contributed by atoms with Gasteiger partial charge in [-0.3, -0.25) is 4.79 Å². The Kier molecular flexibility index (Phi) is 6.72. The lowest BCUT2D eigenvalue weighted by atomic mass is 9.97. The Morgan fingerprint density at radius 3 is 2.50 bits per heavy atom. The maximum Gasteiger partial charge on any atom is 0.573 e. The van der Waals surface area contributed by atoms with E-state index in [1.807, 2.05) is 13.0 Å². The molecule has 2 rings (SSSR count). The summed E-state index contributed by atoms with van der Waals surface area (Å²) in [7, 11) is 0. The number of hydrogen-bond acceptors (Lipinski definition) is 3. The molecular weight excluding hydrogens is 371 g/mol. The van der Waals surface area contributed by atoms with Crippen LogP contribution in [0.4, 0.5) is 13.2 Å². The second-order valence-corrected chi connectivity index (χ2v) is 5.71. The van der Waals surface area contributed by atoms with Gasteiger partial charge in [-0.25, -0.2) is 0 Å². The van der Waals surface area contributed by atoms with Crippen LogP contribution >= 0.6 is 0 Å². The minimum atomic E-state index is -4.75. The average Bonchev–Trinajstić information content (AvgIpc) is 2.65. The second kappa shape index (κ2) is 9.00. The number of nitrogens with one attached hydrogen (secondary N) is 1. The number of hydrogen-bond donors (Lipinski definition) is 1. The molecule has 0 aromatic heterocycles. The van der Waals surface area contributed by atoms with Gasteiger partial charge in [-0.2, -0.15) is 0 Å². The first-order chi connectivity index (χ1) is 13.2. The van der Waals surface area contributed by atoms with Gasteiger partial charge in [0, 0.05) is 19.0 Å². The molecule has 4 nitrogen and oxygen atoms in total. The summed E-state index contributed by atoms with van der Waals surface area (Å²) in [5.41, 5.74) is 2.89. The van der Waals surface area contributed by atoms with Crippen LogP contribution in [0.2, 0.25) is 0 Å². The average molecular weight is 389 g/mol. The first-order valence-corrected chi connectivity index (χ1v) is 8.22. The van der Waals surface area contributed by atoms with E-state index in [1.165, 1.54) is 24.3 Å². The van der Waals surface area contributed by atoms with Crippen molar-refractivity contribution < 1.29 is 27.4 Å². The number of halogens is 3. The Bertz CT molecular complexity index is 923. The molecule has 7 heteroatoms. The molecule has 0 bridgehead atoms. The van der Waals surface area contributed by atoms with Gasteiger partial charge >= 0.3 is 6.36 Å². The summed E-state index contributed by atoms with van der Waals surface area (Å²) in [6.45, 7) is 7.06. The zero-order valence-electron chi connectivity index (χ0n) is 15.3. The van der Waals surface area contributed by atoms with E-state index in [1.54, 1.807) is 13.0 Å². The van der Waals surface area contributed by atoms with E-state index in [0.717, 1.165) is 22.8 Å². The number of carbonyl (C=O) groups is 1. The van der Waals surface area contributed by atoms with Crippen LogP contribution in [0.1, 0.15) is 18.1 Å². The minimum Gasteiger partial charge on any atom is -0.407 e. The van der Waals surface area contributed by atoms with Crippen LogP contribution < -0.4 is 14.8 Å². The lowest BCUT2D eigenvalue weighted by molar-refractivity contribution is -0.274. The summed E-state index contributed by atoms with van der Waals surface area (Å²) in [4.78, 5) is 11.4. The first kappa shape index (κ1) is 20.9. The zero-order valence-corrected chi connectivity index (χ0v) is 15.3. The highest BCUT2D eigenvalue weighted by Crippen LogP contribution is 2.33. The van der Waals surface area contributed by atoms with E-state index in [0.29, 0.717) is 11.3 Å². The number of ether oxygens (including phenoxy) is 2. The molecule has 1 N–H and O–H groups in total. The fourth-order valence-electron chi connectivity index (χ4n) is 2.46. The molecule has 0 heterocycles. The molecule has 0 fully saturated rings. The van der Waals surface area contributed by atoms with Gasteiger partial charge in [-0.1, -0.05) is 24.6 Å². The molecular formula is C21H18F3NO3. The Balaban J connectivity index is 2.41. The molecule has 0 spiro atoms. The SMILES string of the molecule is C=CC(=O)NCc1cc(OC#CC)c(C)c(-c2ccc(OC(F)(F)F)cc2)c1. The molecule has 0 saturated heterocycles. The molecule has 0 aliphatic carbocycles. The van der Waals surface area contributed by atoms with Gasteiger partial charge in [-0.05, 0) is 54.0 Å². The predicted molar refractivity (Wildman–Crippen MR) is 99.4 cm³/mol. The quantitative estimate of drug-likeness (QED) is 0.574. The lowest BCUT2D eigenvalue weighted by Gasteiger charge is -2.14. The summed E-state index contributed by atoms with van der Waals surface area (Å²) in [6.07, 6.45) is -1.06. The van der Waals surface area contributed by atoms with Crippen molar-refractivity contribution in [1.29, 1.82) is 0 Å². The number of benzene rings is 2. The molecule has 0 aliphatic heterocycles. The molecule has 28 heavy (non-hydrogen) atoms. The third-order valence-corrected chi connectivity index (χ3v) is 3.73. The number of carbonyl (C=O) groups excluding carboxylic acids is 1. The monoisotopic (exact) mass is 389 g/mol. The van der Waals surface area contributed by atoms with Crippen molar-refractivity contribution in [2.75, 3.05) is 0 Å². The summed E-state index contributed by atoms with van der Waals surface area (Å²) in [6, 6.07) is 9.08. The molecule has 2 aromatic carbocycles. The van der Waals surface area contributed by atoms with Crippen molar-refractivity contribution in [3.8, 4) is 34.7 Å². The van der Waals surface area contributed by atoms with Gasteiger partial charge in [0.2, 0.25) is 5.91 Å². The van der Waals surface area contributed by atoms with E-state index in [-0.39, 0.29) is 18.2 Å². The molecule has 146 valence electrons. The fourth-order valence-corrected chi connectivity index (χ4v) is 2.46. The van der Waals surface area contributed by atoms with Crippen LogP contribution in [-0.2, 0) is 11.3 Å². The van der Waals surface area contributed by atoms with Crippen molar-refractivity contribution in [2.45, 2.75) is 26.8 Å². The van der Waals surface area contributed by atoms with Gasteiger partial charge in [0.15, 0.2) is 0 Å².